The standard InChI is InChI=1S/C23H31N3O4/c1-4-22-24-14(2)19(25-22)13-26-11-16-9-20(27)21(10-17(16)12-26)30-18-7-5-15(6-8-18)23(28)29-3/h5-8,16-17,20-21,27H,4,9-13H2,1-3H3,(H,24,25)/t16-,17+,20-,21-/m0/s1. The SMILES string of the molecule is CCc1nc(CN2C[C@H]3C[C@H](Oc4ccc(C(=O)OC)cc4)[C@@H](O)C[C@H]3C2)c(C)[nH]1. The second-order valence-electron chi connectivity index (χ2n) is 8.53. The number of aromatic amines is 1. The predicted molar refractivity (Wildman–Crippen MR) is 112 cm³/mol. The Balaban J connectivity index is 1.36. The first-order chi connectivity index (χ1) is 14.5. The van der Waals surface area contributed by atoms with Crippen molar-refractivity contribution >= 4 is 5.97 Å². The van der Waals surface area contributed by atoms with Crippen LogP contribution in [0.3, 0.4) is 0 Å². The van der Waals surface area contributed by atoms with Gasteiger partial charge in [-0.25, -0.2) is 9.78 Å². The molecule has 2 aliphatic rings. The van der Waals surface area contributed by atoms with Crippen molar-refractivity contribution in [3.8, 4) is 5.75 Å². The van der Waals surface area contributed by atoms with E-state index in [1.165, 1.54) is 7.11 Å². The summed E-state index contributed by atoms with van der Waals surface area (Å²) in [5, 5.41) is 10.7. The van der Waals surface area contributed by atoms with E-state index >= 15 is 0 Å². The summed E-state index contributed by atoms with van der Waals surface area (Å²) in [6, 6.07) is 6.90. The lowest BCUT2D eigenvalue weighted by Gasteiger charge is -2.35. The van der Waals surface area contributed by atoms with Crippen molar-refractivity contribution in [1.29, 1.82) is 0 Å². The molecule has 0 bridgehead atoms. The maximum absolute atomic E-state index is 11.6. The maximum atomic E-state index is 11.6. The minimum Gasteiger partial charge on any atom is -0.488 e. The van der Waals surface area contributed by atoms with Gasteiger partial charge in [0.25, 0.3) is 0 Å². The third kappa shape index (κ3) is 4.37. The summed E-state index contributed by atoms with van der Waals surface area (Å²) in [6.07, 6.45) is 1.80. The maximum Gasteiger partial charge on any atom is 0.337 e. The number of H-pyrrole nitrogens is 1. The Morgan fingerprint density at radius 2 is 1.93 bits per heavy atom. The molecule has 1 saturated heterocycles. The summed E-state index contributed by atoms with van der Waals surface area (Å²) in [6.45, 7) is 7.05. The molecule has 0 radical (unpaired) electrons. The average Bonchev–Trinajstić information content (AvgIpc) is 3.30. The Bertz CT molecular complexity index is 879. The molecule has 162 valence electrons. The van der Waals surface area contributed by atoms with Crippen LogP contribution in [-0.2, 0) is 17.7 Å². The highest BCUT2D eigenvalue weighted by atomic mass is 16.5. The topological polar surface area (TPSA) is 87.7 Å². The van der Waals surface area contributed by atoms with Gasteiger partial charge in [0.15, 0.2) is 0 Å². The van der Waals surface area contributed by atoms with Crippen LogP contribution in [0.2, 0.25) is 0 Å². The summed E-state index contributed by atoms with van der Waals surface area (Å²) < 4.78 is 10.8. The molecule has 7 nitrogen and oxygen atoms in total. The van der Waals surface area contributed by atoms with Gasteiger partial charge in [0, 0.05) is 31.7 Å². The number of esters is 1. The van der Waals surface area contributed by atoms with Crippen LogP contribution in [0.4, 0.5) is 0 Å². The highest BCUT2D eigenvalue weighted by Crippen LogP contribution is 2.38. The van der Waals surface area contributed by atoms with Crippen LogP contribution in [0.25, 0.3) is 0 Å². The number of imidazole rings is 1. The molecule has 1 aromatic heterocycles. The molecule has 0 amide bonds. The Morgan fingerprint density at radius 1 is 1.23 bits per heavy atom. The van der Waals surface area contributed by atoms with Crippen LogP contribution in [0.15, 0.2) is 24.3 Å². The number of methoxy groups -OCH3 is 1. The van der Waals surface area contributed by atoms with Crippen LogP contribution >= 0.6 is 0 Å². The van der Waals surface area contributed by atoms with Crippen LogP contribution in [0.5, 0.6) is 5.75 Å². The number of fused-ring (bicyclic) bond motifs is 1. The van der Waals surface area contributed by atoms with E-state index in [9.17, 15) is 9.90 Å². The lowest BCUT2D eigenvalue weighted by atomic mass is 9.78. The fourth-order valence-electron chi connectivity index (χ4n) is 4.80. The van der Waals surface area contributed by atoms with Gasteiger partial charge in [0.05, 0.1) is 24.5 Å². The number of carbonyl (C=O) groups excluding carboxylic acids is 1. The molecule has 7 heteroatoms. The van der Waals surface area contributed by atoms with Crippen molar-refractivity contribution in [2.75, 3.05) is 20.2 Å². The van der Waals surface area contributed by atoms with Gasteiger partial charge in [-0.3, -0.25) is 4.90 Å². The van der Waals surface area contributed by atoms with Gasteiger partial charge in [0.1, 0.15) is 17.7 Å². The molecule has 0 unspecified atom stereocenters. The van der Waals surface area contributed by atoms with Gasteiger partial charge in [0.2, 0.25) is 0 Å². The zero-order valence-corrected chi connectivity index (χ0v) is 17.9. The molecular weight excluding hydrogens is 382 g/mol. The van der Waals surface area contributed by atoms with E-state index in [1.807, 2.05) is 0 Å². The summed E-state index contributed by atoms with van der Waals surface area (Å²) in [4.78, 5) is 22.1. The van der Waals surface area contributed by atoms with Gasteiger partial charge in [-0.2, -0.15) is 0 Å². The first kappa shape index (κ1) is 20.9. The molecule has 1 saturated carbocycles. The Morgan fingerprint density at radius 3 is 2.57 bits per heavy atom. The predicted octanol–water partition coefficient (Wildman–Crippen LogP) is 2.72. The number of nitrogens with zero attached hydrogens (tertiary/aromatic N) is 2. The average molecular weight is 414 g/mol. The number of aliphatic hydroxyl groups is 1. The molecule has 30 heavy (non-hydrogen) atoms. The largest absolute Gasteiger partial charge is 0.488 e. The molecule has 2 N–H and O–H groups in total. The molecule has 4 atom stereocenters. The van der Waals surface area contributed by atoms with Crippen LogP contribution in [-0.4, -0.2) is 58.4 Å². The van der Waals surface area contributed by atoms with Gasteiger partial charge in [-0.05, 0) is 55.9 Å². The van der Waals surface area contributed by atoms with E-state index in [1.54, 1.807) is 24.3 Å². The van der Waals surface area contributed by atoms with Gasteiger partial charge >= 0.3 is 5.97 Å². The van der Waals surface area contributed by atoms with Crippen molar-refractivity contribution < 1.29 is 19.4 Å². The lowest BCUT2D eigenvalue weighted by molar-refractivity contribution is -0.0231. The van der Waals surface area contributed by atoms with E-state index < -0.39 is 6.10 Å². The highest BCUT2D eigenvalue weighted by molar-refractivity contribution is 5.89. The number of carbonyl (C=O) groups is 1. The zero-order valence-electron chi connectivity index (χ0n) is 17.9. The van der Waals surface area contributed by atoms with Crippen molar-refractivity contribution in [2.45, 2.75) is 51.9 Å². The minimum atomic E-state index is -0.481. The van der Waals surface area contributed by atoms with Crippen LogP contribution < -0.4 is 4.74 Å². The number of ether oxygens (including phenoxy) is 2. The van der Waals surface area contributed by atoms with E-state index in [-0.39, 0.29) is 12.1 Å². The number of rotatable bonds is 6. The Kier molecular flexibility index (Phi) is 6.11. The minimum absolute atomic E-state index is 0.228. The summed E-state index contributed by atoms with van der Waals surface area (Å²) >= 11 is 0. The number of aromatic nitrogens is 2. The third-order valence-corrected chi connectivity index (χ3v) is 6.47. The Labute approximate surface area is 177 Å². The molecule has 2 heterocycles. The second-order valence-corrected chi connectivity index (χ2v) is 8.53. The lowest BCUT2D eigenvalue weighted by Crippen LogP contribution is -2.42. The zero-order chi connectivity index (χ0) is 21.3. The number of likely N-dealkylation sites (tertiary alicyclic amines) is 1. The molecule has 1 aliphatic heterocycles. The van der Waals surface area contributed by atoms with Crippen molar-refractivity contribution in [1.82, 2.24) is 14.9 Å². The van der Waals surface area contributed by atoms with E-state index in [0.717, 1.165) is 56.1 Å². The van der Waals surface area contributed by atoms with Crippen molar-refractivity contribution in [3.05, 3.63) is 47.0 Å². The van der Waals surface area contributed by atoms with E-state index in [2.05, 4.69) is 23.7 Å². The quantitative estimate of drug-likeness (QED) is 0.708. The normalized spacial score (nSPS) is 26.4. The third-order valence-electron chi connectivity index (χ3n) is 6.47. The first-order valence-electron chi connectivity index (χ1n) is 10.8. The number of aryl methyl sites for hydroxylation is 2. The van der Waals surface area contributed by atoms with Gasteiger partial charge in [-0.1, -0.05) is 6.92 Å². The molecular formula is C23H31N3O4. The molecule has 2 aromatic rings. The molecule has 2 fully saturated rings. The fourth-order valence-corrected chi connectivity index (χ4v) is 4.80. The molecule has 4 rings (SSSR count). The van der Waals surface area contributed by atoms with Crippen molar-refractivity contribution in [2.24, 2.45) is 11.8 Å². The first-order valence-corrected chi connectivity index (χ1v) is 10.8. The number of hydrogen-bond acceptors (Lipinski definition) is 6. The summed E-state index contributed by atoms with van der Waals surface area (Å²) in [5.41, 5.74) is 2.77. The smallest absolute Gasteiger partial charge is 0.337 e. The number of benzene rings is 1. The van der Waals surface area contributed by atoms with Gasteiger partial charge in [-0.15, -0.1) is 0 Å². The summed E-state index contributed by atoms with van der Waals surface area (Å²) in [5.74, 6) is 2.34. The van der Waals surface area contributed by atoms with Crippen LogP contribution in [0, 0.1) is 18.8 Å². The number of aliphatic hydroxyl groups excluding tert-OH is 1. The fraction of sp³-hybridized carbons (Fsp3) is 0.565. The molecule has 1 aliphatic carbocycles. The summed E-state index contributed by atoms with van der Waals surface area (Å²) in [7, 11) is 1.36. The van der Waals surface area contributed by atoms with Crippen molar-refractivity contribution in [3.63, 3.8) is 0 Å². The van der Waals surface area contributed by atoms with E-state index in [4.69, 9.17) is 14.5 Å². The van der Waals surface area contributed by atoms with Gasteiger partial charge < -0.3 is 19.6 Å². The monoisotopic (exact) mass is 413 g/mol. The van der Waals surface area contributed by atoms with E-state index in [0.29, 0.717) is 23.1 Å². The second kappa shape index (κ2) is 8.78. The number of hydrogen-bond donors (Lipinski definition) is 2. The highest BCUT2D eigenvalue weighted by Gasteiger charge is 2.42. The number of nitrogens with one attached hydrogen (secondary N) is 1. The molecule has 0 spiro atoms. The Hall–Kier alpha value is -2.38. The molecule has 1 aromatic carbocycles. The van der Waals surface area contributed by atoms with Crippen LogP contribution in [0.1, 0.15) is 47.3 Å².